The molecule has 1 aliphatic rings. The maximum Gasteiger partial charge on any atom is 0.322 e. The van der Waals surface area contributed by atoms with Crippen molar-refractivity contribution in [2.45, 2.75) is 32.0 Å². The molecule has 0 aliphatic carbocycles. The quantitative estimate of drug-likeness (QED) is 0.392. The van der Waals surface area contributed by atoms with E-state index in [1.807, 2.05) is 42.5 Å². The van der Waals surface area contributed by atoms with Crippen molar-refractivity contribution >= 4 is 11.7 Å². The number of nitrogens with one attached hydrogen (secondary N) is 2. The fourth-order valence-electron chi connectivity index (χ4n) is 4.40. The van der Waals surface area contributed by atoms with Gasteiger partial charge in [-0.15, -0.1) is 0 Å². The van der Waals surface area contributed by atoms with E-state index in [2.05, 4.69) is 15.5 Å². The van der Waals surface area contributed by atoms with Gasteiger partial charge in [0.1, 0.15) is 18.2 Å². The number of aliphatic carboxylic acids is 1. The molecule has 0 amide bonds. The summed E-state index contributed by atoms with van der Waals surface area (Å²) in [6.07, 6.45) is 1.54. The molecule has 0 spiro atoms. The van der Waals surface area contributed by atoms with Gasteiger partial charge in [-0.1, -0.05) is 30.3 Å². The van der Waals surface area contributed by atoms with E-state index in [9.17, 15) is 13.6 Å². The predicted octanol–water partition coefficient (Wildman–Crippen LogP) is 4.22. The second-order valence-corrected chi connectivity index (χ2v) is 8.69. The van der Waals surface area contributed by atoms with E-state index in [1.165, 1.54) is 18.2 Å². The van der Waals surface area contributed by atoms with Crippen LogP contribution in [0.1, 0.15) is 22.3 Å². The Kier molecular flexibility index (Phi) is 7.87. The highest BCUT2D eigenvalue weighted by atomic mass is 19.1. The van der Waals surface area contributed by atoms with Gasteiger partial charge in [0.15, 0.2) is 0 Å². The van der Waals surface area contributed by atoms with Crippen LogP contribution in [-0.4, -0.2) is 41.7 Å². The average molecular weight is 466 g/mol. The first-order valence-corrected chi connectivity index (χ1v) is 11.5. The van der Waals surface area contributed by atoms with E-state index in [1.54, 1.807) is 6.07 Å². The van der Waals surface area contributed by atoms with Gasteiger partial charge < -0.3 is 15.7 Å². The summed E-state index contributed by atoms with van der Waals surface area (Å²) in [5.74, 6) is -1.35. The van der Waals surface area contributed by atoms with Crippen molar-refractivity contribution in [3.63, 3.8) is 0 Å². The zero-order chi connectivity index (χ0) is 23.9. The molecule has 0 radical (unpaired) electrons. The van der Waals surface area contributed by atoms with Gasteiger partial charge in [-0.3, -0.25) is 9.69 Å². The van der Waals surface area contributed by atoms with E-state index in [0.29, 0.717) is 6.54 Å². The molecule has 1 aliphatic heterocycles. The predicted molar refractivity (Wildman–Crippen MR) is 129 cm³/mol. The number of anilines is 1. The number of nitrogens with zero attached hydrogens (tertiary/aromatic N) is 1. The summed E-state index contributed by atoms with van der Waals surface area (Å²) in [4.78, 5) is 13.1. The fourth-order valence-corrected chi connectivity index (χ4v) is 4.40. The number of benzene rings is 3. The van der Waals surface area contributed by atoms with Gasteiger partial charge in [0.25, 0.3) is 0 Å². The summed E-state index contributed by atoms with van der Waals surface area (Å²) in [6.45, 7) is 2.98. The highest BCUT2D eigenvalue weighted by Gasteiger charge is 2.26. The molecular weight excluding hydrogens is 436 g/mol. The minimum Gasteiger partial charge on any atom is -0.480 e. The fraction of sp³-hybridized carbons (Fsp3) is 0.296. The molecule has 7 heteroatoms. The molecular formula is C27H29F2N3O2. The van der Waals surface area contributed by atoms with Gasteiger partial charge in [0, 0.05) is 37.9 Å². The third-order valence-electron chi connectivity index (χ3n) is 6.20. The summed E-state index contributed by atoms with van der Waals surface area (Å²) in [7, 11) is 0. The summed E-state index contributed by atoms with van der Waals surface area (Å²) in [5, 5.41) is 15.1. The average Bonchev–Trinajstić information content (AvgIpc) is 2.83. The van der Waals surface area contributed by atoms with Crippen LogP contribution in [-0.2, 0) is 30.7 Å². The second-order valence-electron chi connectivity index (χ2n) is 8.69. The third-order valence-corrected chi connectivity index (χ3v) is 6.20. The van der Waals surface area contributed by atoms with Crippen molar-refractivity contribution in [1.82, 2.24) is 10.2 Å². The number of carbonyl (C=O) groups is 1. The Hall–Kier alpha value is -3.29. The number of hydrogen-bond acceptors (Lipinski definition) is 4. The lowest BCUT2D eigenvalue weighted by Gasteiger charge is -2.37. The van der Waals surface area contributed by atoms with E-state index in [0.717, 1.165) is 60.4 Å². The molecule has 34 heavy (non-hydrogen) atoms. The first kappa shape index (κ1) is 23.9. The Balaban J connectivity index is 1.34. The maximum absolute atomic E-state index is 13.8. The van der Waals surface area contributed by atoms with Crippen molar-refractivity contribution in [3.8, 4) is 0 Å². The highest BCUT2D eigenvalue weighted by molar-refractivity contribution is 5.72. The van der Waals surface area contributed by atoms with Gasteiger partial charge >= 0.3 is 5.97 Å². The number of rotatable bonds is 10. The van der Waals surface area contributed by atoms with Gasteiger partial charge in [-0.25, -0.2) is 8.78 Å². The number of fused-ring (bicyclic) bond motifs is 1. The lowest BCUT2D eigenvalue weighted by Crippen LogP contribution is -2.44. The van der Waals surface area contributed by atoms with Gasteiger partial charge in [-0.2, -0.15) is 0 Å². The monoisotopic (exact) mass is 465 g/mol. The molecule has 178 valence electrons. The highest BCUT2D eigenvalue weighted by Crippen LogP contribution is 2.26. The third kappa shape index (κ3) is 6.62. The Bertz CT molecular complexity index is 1100. The molecule has 0 fully saturated rings. The van der Waals surface area contributed by atoms with E-state index in [4.69, 9.17) is 5.11 Å². The molecule has 3 N–H and O–H groups in total. The summed E-state index contributed by atoms with van der Waals surface area (Å²) < 4.78 is 27.1. The number of hydrogen-bond donors (Lipinski definition) is 3. The molecule has 3 aromatic rings. The zero-order valence-electron chi connectivity index (χ0n) is 18.9. The Labute approximate surface area is 198 Å². The normalized spacial score (nSPS) is 15.6. The van der Waals surface area contributed by atoms with Crippen molar-refractivity contribution in [2.75, 3.05) is 25.0 Å². The largest absolute Gasteiger partial charge is 0.480 e. The van der Waals surface area contributed by atoms with Crippen LogP contribution in [0.4, 0.5) is 14.5 Å². The molecule has 1 heterocycles. The Morgan fingerprint density at radius 3 is 2.38 bits per heavy atom. The van der Waals surface area contributed by atoms with Gasteiger partial charge in [0.2, 0.25) is 0 Å². The van der Waals surface area contributed by atoms with Crippen molar-refractivity contribution in [1.29, 1.82) is 0 Å². The minimum atomic E-state index is -0.894. The SMILES string of the molecule is O=C(O)CNc1ccc(CNCCN2Cc3ccc(F)cc3CC2Cc2ccc(F)cc2)cc1. The summed E-state index contributed by atoms with van der Waals surface area (Å²) in [5.41, 5.74) is 5.16. The first-order valence-electron chi connectivity index (χ1n) is 11.5. The minimum absolute atomic E-state index is 0.109. The molecule has 1 atom stereocenters. The second kappa shape index (κ2) is 11.2. The molecule has 5 nitrogen and oxygen atoms in total. The molecule has 4 rings (SSSR count). The zero-order valence-corrected chi connectivity index (χ0v) is 18.9. The standard InChI is InChI=1S/C27H29F2N3O2/c28-23-6-1-19(2-7-23)13-26-15-22-14-24(29)8-5-21(22)18-32(26)12-11-30-16-20-3-9-25(10-4-20)31-17-27(33)34/h1-10,14,26,30-31H,11-13,15-18H2,(H,33,34). The molecule has 0 aromatic heterocycles. The Morgan fingerprint density at radius 2 is 1.65 bits per heavy atom. The van der Waals surface area contributed by atoms with Crippen LogP contribution in [0.5, 0.6) is 0 Å². The topological polar surface area (TPSA) is 64.6 Å². The van der Waals surface area contributed by atoms with Crippen LogP contribution in [0.25, 0.3) is 0 Å². The first-order chi connectivity index (χ1) is 16.5. The summed E-state index contributed by atoms with van der Waals surface area (Å²) >= 11 is 0. The van der Waals surface area contributed by atoms with Crippen LogP contribution in [0.15, 0.2) is 66.7 Å². The lowest BCUT2D eigenvalue weighted by molar-refractivity contribution is -0.134. The van der Waals surface area contributed by atoms with E-state index < -0.39 is 5.97 Å². The Morgan fingerprint density at radius 1 is 0.941 bits per heavy atom. The van der Waals surface area contributed by atoms with Crippen LogP contribution in [0, 0.1) is 11.6 Å². The number of carboxylic acids is 1. The molecule has 0 saturated carbocycles. The lowest BCUT2D eigenvalue weighted by atomic mass is 9.90. The molecule has 1 unspecified atom stereocenters. The van der Waals surface area contributed by atoms with Crippen molar-refractivity contribution in [2.24, 2.45) is 0 Å². The van der Waals surface area contributed by atoms with Crippen molar-refractivity contribution < 1.29 is 18.7 Å². The van der Waals surface area contributed by atoms with Crippen LogP contribution < -0.4 is 10.6 Å². The van der Waals surface area contributed by atoms with Crippen LogP contribution >= 0.6 is 0 Å². The number of halogens is 2. The molecule has 0 bridgehead atoms. The molecule has 3 aromatic carbocycles. The van der Waals surface area contributed by atoms with Gasteiger partial charge in [-0.05, 0) is 71.5 Å². The van der Waals surface area contributed by atoms with Gasteiger partial charge in [0.05, 0.1) is 0 Å². The van der Waals surface area contributed by atoms with E-state index >= 15 is 0 Å². The van der Waals surface area contributed by atoms with Crippen LogP contribution in [0.2, 0.25) is 0 Å². The summed E-state index contributed by atoms with van der Waals surface area (Å²) in [6, 6.07) is 19.5. The number of carboxylic acid groups (broad SMARTS) is 1. The molecule has 0 saturated heterocycles. The van der Waals surface area contributed by atoms with Crippen molar-refractivity contribution in [3.05, 3.63) is 101 Å². The van der Waals surface area contributed by atoms with Crippen LogP contribution in [0.3, 0.4) is 0 Å². The smallest absolute Gasteiger partial charge is 0.322 e. The maximum atomic E-state index is 13.8. The van der Waals surface area contributed by atoms with E-state index in [-0.39, 0.29) is 24.2 Å².